The highest BCUT2D eigenvalue weighted by Crippen LogP contribution is 2.22. The van der Waals surface area contributed by atoms with Gasteiger partial charge in [-0.05, 0) is 12.0 Å². The summed E-state index contributed by atoms with van der Waals surface area (Å²) < 4.78 is 0. The number of benzene rings is 1. The number of amides is 1. The molecule has 0 bridgehead atoms. The van der Waals surface area contributed by atoms with Gasteiger partial charge in [0.05, 0.1) is 6.04 Å². The first kappa shape index (κ1) is 12.4. The zero-order valence-electron chi connectivity index (χ0n) is 10.2. The number of carbonyl (C=O) groups is 1. The first-order valence-corrected chi connectivity index (χ1v) is 6.07. The Morgan fingerprint density at radius 2 is 2.28 bits per heavy atom. The Morgan fingerprint density at radius 1 is 1.50 bits per heavy atom. The van der Waals surface area contributed by atoms with Crippen LogP contribution in [0.4, 0.5) is 0 Å². The Morgan fingerprint density at radius 3 is 3.00 bits per heavy atom. The molecule has 1 aliphatic rings. The molecule has 0 spiro atoms. The smallest absolute Gasteiger partial charge is 0.230 e. The van der Waals surface area contributed by atoms with E-state index in [0.717, 1.165) is 13.0 Å². The van der Waals surface area contributed by atoms with Crippen LogP contribution in [-0.4, -0.2) is 18.4 Å². The maximum atomic E-state index is 11.5. The van der Waals surface area contributed by atoms with Crippen molar-refractivity contribution < 1.29 is 4.79 Å². The lowest BCUT2D eigenvalue weighted by atomic mass is 10.0. The lowest BCUT2D eigenvalue weighted by Gasteiger charge is -2.22. The van der Waals surface area contributed by atoms with Gasteiger partial charge in [0.1, 0.15) is 0 Å². The van der Waals surface area contributed by atoms with Gasteiger partial charge < -0.3 is 5.32 Å². The van der Waals surface area contributed by atoms with Crippen LogP contribution in [0.3, 0.4) is 0 Å². The first-order valence-electron chi connectivity index (χ1n) is 6.07. The molecule has 4 nitrogen and oxygen atoms in total. The molecule has 0 saturated heterocycles. The molecule has 0 aromatic heterocycles. The van der Waals surface area contributed by atoms with Gasteiger partial charge in [0.25, 0.3) is 0 Å². The second-order valence-corrected chi connectivity index (χ2v) is 4.16. The van der Waals surface area contributed by atoms with E-state index in [1.54, 1.807) is 6.08 Å². The standard InChI is InChI=1S/C14H17N3O/c1-2-6-13(18)17-14-15-10-9-12(16-14)11-7-4-3-5-8-11/h2-5,7-8,12H,1,6,9-10H2,(H2,15,16,17,18). The Balaban J connectivity index is 2.06. The summed E-state index contributed by atoms with van der Waals surface area (Å²) in [6.07, 6.45) is 2.81. The molecular formula is C14H17N3O. The van der Waals surface area contributed by atoms with Gasteiger partial charge in [-0.2, -0.15) is 0 Å². The van der Waals surface area contributed by atoms with Crippen molar-refractivity contribution >= 4 is 11.9 Å². The molecule has 2 rings (SSSR count). The molecule has 1 amide bonds. The summed E-state index contributed by atoms with van der Waals surface area (Å²) in [5, 5.41) is 5.84. The van der Waals surface area contributed by atoms with Crippen LogP contribution in [0.15, 0.2) is 48.0 Å². The average Bonchev–Trinajstić information content (AvgIpc) is 2.40. The Hall–Kier alpha value is -2.10. The van der Waals surface area contributed by atoms with Crippen LogP contribution in [0.2, 0.25) is 0 Å². The molecule has 18 heavy (non-hydrogen) atoms. The van der Waals surface area contributed by atoms with Crippen LogP contribution < -0.4 is 10.6 Å². The highest BCUT2D eigenvalue weighted by Gasteiger charge is 2.16. The van der Waals surface area contributed by atoms with Crippen LogP contribution in [0, 0.1) is 0 Å². The van der Waals surface area contributed by atoms with Gasteiger partial charge in [0.15, 0.2) is 5.96 Å². The molecule has 1 unspecified atom stereocenters. The minimum atomic E-state index is -0.0926. The molecule has 1 heterocycles. The van der Waals surface area contributed by atoms with Gasteiger partial charge in [0, 0.05) is 13.0 Å². The van der Waals surface area contributed by atoms with E-state index in [-0.39, 0.29) is 11.9 Å². The molecular weight excluding hydrogens is 226 g/mol. The summed E-state index contributed by atoms with van der Waals surface area (Å²) >= 11 is 0. The summed E-state index contributed by atoms with van der Waals surface area (Å²) in [5.74, 6) is 0.465. The minimum absolute atomic E-state index is 0.0926. The monoisotopic (exact) mass is 243 g/mol. The van der Waals surface area contributed by atoms with Crippen molar-refractivity contribution in [3.05, 3.63) is 48.6 Å². The largest absolute Gasteiger partial charge is 0.356 e. The fourth-order valence-electron chi connectivity index (χ4n) is 1.90. The maximum Gasteiger partial charge on any atom is 0.230 e. The third-order valence-corrected chi connectivity index (χ3v) is 2.77. The van der Waals surface area contributed by atoms with E-state index < -0.39 is 0 Å². The van der Waals surface area contributed by atoms with E-state index in [2.05, 4.69) is 34.3 Å². The number of nitrogens with zero attached hydrogens (tertiary/aromatic N) is 1. The second-order valence-electron chi connectivity index (χ2n) is 4.16. The average molecular weight is 243 g/mol. The van der Waals surface area contributed by atoms with Gasteiger partial charge in [0.2, 0.25) is 5.91 Å². The highest BCUT2D eigenvalue weighted by molar-refractivity contribution is 5.97. The third kappa shape index (κ3) is 3.20. The zero-order chi connectivity index (χ0) is 12.8. The fourth-order valence-corrected chi connectivity index (χ4v) is 1.90. The number of guanidine groups is 1. The molecule has 0 aliphatic carbocycles. The topological polar surface area (TPSA) is 53.5 Å². The van der Waals surface area contributed by atoms with Crippen LogP contribution in [0.25, 0.3) is 0 Å². The van der Waals surface area contributed by atoms with Gasteiger partial charge in [-0.1, -0.05) is 36.4 Å². The van der Waals surface area contributed by atoms with Crippen molar-refractivity contribution in [1.82, 2.24) is 10.6 Å². The SMILES string of the molecule is C=CCC(=O)NC1=NC(c2ccccc2)CCN1. The summed E-state index contributed by atoms with van der Waals surface area (Å²) in [4.78, 5) is 16.0. The number of nitrogens with one attached hydrogen (secondary N) is 2. The number of hydrogen-bond acceptors (Lipinski definition) is 3. The predicted octanol–water partition coefficient (Wildman–Crippen LogP) is 1.77. The summed E-state index contributed by atoms with van der Waals surface area (Å²) in [7, 11) is 0. The quantitative estimate of drug-likeness (QED) is 0.795. The van der Waals surface area contributed by atoms with Gasteiger partial charge in [-0.15, -0.1) is 6.58 Å². The van der Waals surface area contributed by atoms with Gasteiger partial charge in [-0.3, -0.25) is 10.1 Å². The van der Waals surface area contributed by atoms with Crippen molar-refractivity contribution in [3.63, 3.8) is 0 Å². The van der Waals surface area contributed by atoms with Crippen molar-refractivity contribution in [2.24, 2.45) is 4.99 Å². The molecule has 94 valence electrons. The molecule has 0 fully saturated rings. The Labute approximate surface area is 107 Å². The number of rotatable bonds is 3. The van der Waals surface area contributed by atoms with Crippen molar-refractivity contribution in [1.29, 1.82) is 0 Å². The number of aliphatic imine (C=N–C) groups is 1. The molecule has 1 aliphatic heterocycles. The van der Waals surface area contributed by atoms with E-state index in [4.69, 9.17) is 0 Å². The number of hydrogen-bond donors (Lipinski definition) is 2. The first-order chi connectivity index (χ1) is 8.79. The minimum Gasteiger partial charge on any atom is -0.356 e. The molecule has 4 heteroatoms. The lowest BCUT2D eigenvalue weighted by molar-refractivity contribution is -0.118. The van der Waals surface area contributed by atoms with E-state index in [9.17, 15) is 4.79 Å². The van der Waals surface area contributed by atoms with Crippen molar-refractivity contribution in [2.45, 2.75) is 18.9 Å². The molecule has 0 saturated carbocycles. The molecule has 1 aromatic rings. The van der Waals surface area contributed by atoms with E-state index in [1.807, 2.05) is 18.2 Å². The van der Waals surface area contributed by atoms with Gasteiger partial charge >= 0.3 is 0 Å². The lowest BCUT2D eigenvalue weighted by Crippen LogP contribution is -2.44. The normalized spacial score (nSPS) is 18.4. The Bertz CT molecular complexity index is 453. The fraction of sp³-hybridized carbons (Fsp3) is 0.286. The summed E-state index contributed by atoms with van der Waals surface area (Å²) in [6, 6.07) is 10.2. The molecule has 2 N–H and O–H groups in total. The van der Waals surface area contributed by atoms with E-state index >= 15 is 0 Å². The summed E-state index contributed by atoms with van der Waals surface area (Å²) in [6.45, 7) is 4.35. The summed E-state index contributed by atoms with van der Waals surface area (Å²) in [5.41, 5.74) is 1.18. The highest BCUT2D eigenvalue weighted by atomic mass is 16.1. The Kier molecular flexibility index (Phi) is 4.12. The van der Waals surface area contributed by atoms with Crippen LogP contribution >= 0.6 is 0 Å². The molecule has 0 radical (unpaired) electrons. The third-order valence-electron chi connectivity index (χ3n) is 2.77. The van der Waals surface area contributed by atoms with Crippen LogP contribution in [0.5, 0.6) is 0 Å². The maximum absolute atomic E-state index is 11.5. The van der Waals surface area contributed by atoms with Crippen LogP contribution in [0.1, 0.15) is 24.4 Å². The van der Waals surface area contributed by atoms with E-state index in [0.29, 0.717) is 12.4 Å². The van der Waals surface area contributed by atoms with Crippen LogP contribution in [-0.2, 0) is 4.79 Å². The van der Waals surface area contributed by atoms with E-state index in [1.165, 1.54) is 5.56 Å². The predicted molar refractivity (Wildman–Crippen MR) is 72.2 cm³/mol. The van der Waals surface area contributed by atoms with Crippen molar-refractivity contribution in [2.75, 3.05) is 6.54 Å². The number of carbonyl (C=O) groups excluding carboxylic acids is 1. The molecule has 1 aromatic carbocycles. The second kappa shape index (κ2) is 6.00. The van der Waals surface area contributed by atoms with Gasteiger partial charge in [-0.25, -0.2) is 4.99 Å². The van der Waals surface area contributed by atoms with Crippen molar-refractivity contribution in [3.8, 4) is 0 Å². The zero-order valence-corrected chi connectivity index (χ0v) is 10.2. The molecule has 1 atom stereocenters.